The number of aliphatic carboxylic acids is 1. The van der Waals surface area contributed by atoms with Crippen molar-refractivity contribution in [2.75, 3.05) is 0 Å². The van der Waals surface area contributed by atoms with Crippen LogP contribution in [0, 0.1) is 5.92 Å². The molecule has 1 unspecified atom stereocenters. The number of carbonyl (C=O) groups is 1. The molecule has 0 aromatic heterocycles. The predicted molar refractivity (Wildman–Crippen MR) is 96.0 cm³/mol. The molecule has 124 valence electrons. The Bertz CT molecular complexity index is 375. The number of carboxylic acids is 1. The van der Waals surface area contributed by atoms with Gasteiger partial charge in [0.1, 0.15) is 0 Å². The SMILES string of the molecule is CC/C=C\C/C=C\C/C=C\C/C=C\CCCC(CC)C(=O)O. The van der Waals surface area contributed by atoms with Gasteiger partial charge in [0.25, 0.3) is 0 Å². The zero-order chi connectivity index (χ0) is 16.5. The van der Waals surface area contributed by atoms with Gasteiger partial charge in [-0.05, 0) is 51.4 Å². The van der Waals surface area contributed by atoms with Crippen LogP contribution in [0.5, 0.6) is 0 Å². The average Bonchev–Trinajstić information content (AvgIpc) is 2.51. The Morgan fingerprint density at radius 2 is 1.36 bits per heavy atom. The minimum Gasteiger partial charge on any atom is -0.481 e. The molecule has 1 atom stereocenters. The van der Waals surface area contributed by atoms with E-state index in [1.807, 2.05) is 6.92 Å². The van der Waals surface area contributed by atoms with Crippen LogP contribution >= 0.6 is 0 Å². The monoisotopic (exact) mass is 304 g/mol. The van der Waals surface area contributed by atoms with E-state index in [9.17, 15) is 4.79 Å². The van der Waals surface area contributed by atoms with E-state index in [-0.39, 0.29) is 5.92 Å². The summed E-state index contributed by atoms with van der Waals surface area (Å²) in [7, 11) is 0. The molecule has 0 fully saturated rings. The maximum Gasteiger partial charge on any atom is 0.306 e. The third-order valence-corrected chi connectivity index (χ3v) is 3.48. The minimum atomic E-state index is -0.660. The van der Waals surface area contributed by atoms with E-state index >= 15 is 0 Å². The second-order valence-corrected chi connectivity index (χ2v) is 5.38. The quantitative estimate of drug-likeness (QED) is 0.331. The van der Waals surface area contributed by atoms with Gasteiger partial charge in [-0.15, -0.1) is 0 Å². The minimum absolute atomic E-state index is 0.174. The summed E-state index contributed by atoms with van der Waals surface area (Å²) in [5.74, 6) is -0.833. The summed E-state index contributed by atoms with van der Waals surface area (Å²) in [5, 5.41) is 8.94. The van der Waals surface area contributed by atoms with E-state index in [1.54, 1.807) is 0 Å². The third-order valence-electron chi connectivity index (χ3n) is 3.48. The number of hydrogen-bond acceptors (Lipinski definition) is 1. The van der Waals surface area contributed by atoms with E-state index < -0.39 is 5.97 Å². The Morgan fingerprint density at radius 3 is 1.82 bits per heavy atom. The first kappa shape index (κ1) is 20.4. The van der Waals surface area contributed by atoms with Gasteiger partial charge in [-0.1, -0.05) is 62.5 Å². The molecule has 0 aliphatic carbocycles. The van der Waals surface area contributed by atoms with E-state index in [0.717, 1.165) is 51.4 Å². The smallest absolute Gasteiger partial charge is 0.306 e. The Balaban J connectivity index is 3.56. The van der Waals surface area contributed by atoms with Crippen molar-refractivity contribution in [3.05, 3.63) is 48.6 Å². The summed E-state index contributed by atoms with van der Waals surface area (Å²) in [6, 6.07) is 0. The largest absolute Gasteiger partial charge is 0.481 e. The van der Waals surface area contributed by atoms with Crippen LogP contribution in [-0.2, 0) is 4.79 Å². The molecule has 2 nitrogen and oxygen atoms in total. The Morgan fingerprint density at radius 1 is 0.864 bits per heavy atom. The lowest BCUT2D eigenvalue weighted by Crippen LogP contribution is -2.11. The van der Waals surface area contributed by atoms with Crippen molar-refractivity contribution in [1.29, 1.82) is 0 Å². The Labute approximate surface area is 136 Å². The van der Waals surface area contributed by atoms with Crippen LogP contribution in [0.3, 0.4) is 0 Å². The molecule has 0 bridgehead atoms. The lowest BCUT2D eigenvalue weighted by molar-refractivity contribution is -0.142. The Kier molecular flexibility index (Phi) is 14.7. The zero-order valence-electron chi connectivity index (χ0n) is 14.2. The molecule has 22 heavy (non-hydrogen) atoms. The molecule has 0 aliphatic heterocycles. The van der Waals surface area contributed by atoms with Gasteiger partial charge in [-0.2, -0.15) is 0 Å². The molecule has 2 heteroatoms. The molecule has 0 spiro atoms. The summed E-state index contributed by atoms with van der Waals surface area (Å²) in [6.07, 6.45) is 25.0. The van der Waals surface area contributed by atoms with Crippen LogP contribution < -0.4 is 0 Å². The summed E-state index contributed by atoms with van der Waals surface area (Å²) >= 11 is 0. The van der Waals surface area contributed by atoms with Crippen molar-refractivity contribution in [3.63, 3.8) is 0 Å². The highest BCUT2D eigenvalue weighted by Crippen LogP contribution is 2.12. The molecular formula is C20H32O2. The van der Waals surface area contributed by atoms with Crippen LogP contribution in [-0.4, -0.2) is 11.1 Å². The molecule has 0 aromatic rings. The summed E-state index contributed by atoms with van der Waals surface area (Å²) in [5.41, 5.74) is 0. The summed E-state index contributed by atoms with van der Waals surface area (Å²) in [6.45, 7) is 4.08. The first-order chi connectivity index (χ1) is 10.7. The summed E-state index contributed by atoms with van der Waals surface area (Å²) in [4.78, 5) is 10.9. The van der Waals surface area contributed by atoms with E-state index in [2.05, 4.69) is 55.5 Å². The summed E-state index contributed by atoms with van der Waals surface area (Å²) < 4.78 is 0. The molecule has 0 heterocycles. The van der Waals surface area contributed by atoms with Crippen LogP contribution in [0.25, 0.3) is 0 Å². The molecule has 0 rings (SSSR count). The second kappa shape index (κ2) is 15.8. The van der Waals surface area contributed by atoms with Crippen molar-refractivity contribution in [3.8, 4) is 0 Å². The molecule has 0 aliphatic rings. The van der Waals surface area contributed by atoms with Crippen molar-refractivity contribution in [1.82, 2.24) is 0 Å². The van der Waals surface area contributed by atoms with Gasteiger partial charge in [0, 0.05) is 0 Å². The molecule has 0 saturated carbocycles. The fourth-order valence-electron chi connectivity index (χ4n) is 2.08. The van der Waals surface area contributed by atoms with E-state index in [1.165, 1.54) is 0 Å². The van der Waals surface area contributed by atoms with Crippen LogP contribution in [0.4, 0.5) is 0 Å². The first-order valence-corrected chi connectivity index (χ1v) is 8.55. The number of allylic oxidation sites excluding steroid dienone is 8. The number of carboxylic acid groups (broad SMARTS) is 1. The highest BCUT2D eigenvalue weighted by atomic mass is 16.4. The molecule has 0 aromatic carbocycles. The molecule has 1 N–H and O–H groups in total. The van der Waals surface area contributed by atoms with Gasteiger partial charge in [-0.25, -0.2) is 0 Å². The normalized spacial score (nSPS) is 13.9. The molecular weight excluding hydrogens is 272 g/mol. The van der Waals surface area contributed by atoms with Crippen molar-refractivity contribution < 1.29 is 9.90 Å². The van der Waals surface area contributed by atoms with Crippen LogP contribution in [0.1, 0.15) is 65.2 Å². The highest BCUT2D eigenvalue weighted by molar-refractivity contribution is 5.69. The van der Waals surface area contributed by atoms with Gasteiger partial charge in [0.15, 0.2) is 0 Å². The van der Waals surface area contributed by atoms with Crippen molar-refractivity contribution >= 4 is 5.97 Å². The highest BCUT2D eigenvalue weighted by Gasteiger charge is 2.13. The van der Waals surface area contributed by atoms with E-state index in [0.29, 0.717) is 0 Å². The second-order valence-electron chi connectivity index (χ2n) is 5.38. The van der Waals surface area contributed by atoms with Gasteiger partial charge < -0.3 is 5.11 Å². The van der Waals surface area contributed by atoms with Crippen LogP contribution in [0.2, 0.25) is 0 Å². The molecule has 0 radical (unpaired) electrons. The van der Waals surface area contributed by atoms with Gasteiger partial charge in [-0.3, -0.25) is 4.79 Å². The number of rotatable bonds is 13. The average molecular weight is 304 g/mol. The standard InChI is InChI=1S/C20H32O2/c1-3-5-6-7-8-9-10-11-12-13-14-15-16-17-18-19(4-2)20(21)22/h5-6,8-9,11-12,14-15,19H,3-4,7,10,13,16-18H2,1-2H3,(H,21,22)/b6-5-,9-8-,12-11-,15-14-. The topological polar surface area (TPSA) is 37.3 Å². The van der Waals surface area contributed by atoms with Crippen molar-refractivity contribution in [2.45, 2.75) is 65.2 Å². The predicted octanol–water partition coefficient (Wildman–Crippen LogP) is 6.07. The van der Waals surface area contributed by atoms with Gasteiger partial charge in [0.2, 0.25) is 0 Å². The van der Waals surface area contributed by atoms with Crippen molar-refractivity contribution in [2.24, 2.45) is 5.92 Å². The maximum absolute atomic E-state index is 10.9. The third kappa shape index (κ3) is 13.4. The maximum atomic E-state index is 10.9. The van der Waals surface area contributed by atoms with Crippen LogP contribution in [0.15, 0.2) is 48.6 Å². The lowest BCUT2D eigenvalue weighted by atomic mass is 9.99. The fourth-order valence-corrected chi connectivity index (χ4v) is 2.08. The molecule has 0 saturated heterocycles. The number of unbranched alkanes of at least 4 members (excludes halogenated alkanes) is 1. The first-order valence-electron chi connectivity index (χ1n) is 8.55. The number of hydrogen-bond donors (Lipinski definition) is 1. The lowest BCUT2D eigenvalue weighted by Gasteiger charge is -2.07. The van der Waals surface area contributed by atoms with E-state index in [4.69, 9.17) is 5.11 Å². The van der Waals surface area contributed by atoms with Gasteiger partial charge >= 0.3 is 5.97 Å². The zero-order valence-corrected chi connectivity index (χ0v) is 14.2. The fraction of sp³-hybridized carbons (Fsp3) is 0.550. The molecule has 0 amide bonds. The Hall–Kier alpha value is -1.57. The van der Waals surface area contributed by atoms with Gasteiger partial charge in [0.05, 0.1) is 5.92 Å².